The lowest BCUT2D eigenvalue weighted by molar-refractivity contribution is -0.138. The van der Waals surface area contributed by atoms with Gasteiger partial charge in [0.15, 0.2) is 0 Å². The molecule has 256 valence electrons. The van der Waals surface area contributed by atoms with Crippen LogP contribution in [0.1, 0.15) is 24.0 Å². The highest BCUT2D eigenvalue weighted by molar-refractivity contribution is 5.93. The van der Waals surface area contributed by atoms with E-state index in [1.165, 1.54) is 17.0 Å². The van der Waals surface area contributed by atoms with E-state index in [4.69, 9.17) is 22.9 Å². The maximum absolute atomic E-state index is 13.8. The summed E-state index contributed by atoms with van der Waals surface area (Å²) in [5.74, 6) is -1.93. The number of hydrogen-bond donors (Lipinski definition) is 9. The molecule has 3 amide bonds. The molecule has 1 unspecified atom stereocenters. The average molecular weight is 718 g/mol. The Hall–Kier alpha value is -2.59. The summed E-state index contributed by atoms with van der Waals surface area (Å²) in [6.07, 6.45) is -0.532. The van der Waals surface area contributed by atoms with Gasteiger partial charge in [-0.2, -0.15) is 0 Å². The first kappa shape index (κ1) is 44.5. The van der Waals surface area contributed by atoms with E-state index in [-0.39, 0.29) is 113 Å². The van der Waals surface area contributed by atoms with Crippen molar-refractivity contribution < 1.29 is 29.7 Å². The van der Waals surface area contributed by atoms with E-state index in [2.05, 4.69) is 10.6 Å². The van der Waals surface area contributed by atoms with Crippen LogP contribution < -0.4 is 33.6 Å². The molecule has 2 aromatic carbocycles. The summed E-state index contributed by atoms with van der Waals surface area (Å²) in [7, 11) is 0. The zero-order chi connectivity index (χ0) is 30.1. The topological polar surface area (TPSA) is 243 Å². The van der Waals surface area contributed by atoms with E-state index in [9.17, 15) is 29.7 Å². The maximum Gasteiger partial charge on any atom is 0.245 e. The number of benzene rings is 2. The highest BCUT2D eigenvalue weighted by atomic mass is 35.5. The highest BCUT2D eigenvalue weighted by Crippen LogP contribution is 2.31. The molecule has 0 aromatic heterocycles. The summed E-state index contributed by atoms with van der Waals surface area (Å²) >= 11 is 0. The minimum Gasteiger partial charge on any atom is -0.508 e. The molecule has 0 radical (unpaired) electrons. The Morgan fingerprint density at radius 2 is 1.42 bits per heavy atom. The van der Waals surface area contributed by atoms with Gasteiger partial charge in [-0.05, 0) is 65.9 Å². The number of hydrogen-bond acceptors (Lipinski definition) is 10. The molecule has 17 heteroatoms. The molecule has 13 N–H and O–H groups in total. The van der Waals surface area contributed by atoms with Gasteiger partial charge in [0.25, 0.3) is 0 Å². The quantitative estimate of drug-likeness (QED) is 0.164. The van der Waals surface area contributed by atoms with Crippen molar-refractivity contribution in [2.45, 2.75) is 49.9 Å². The van der Waals surface area contributed by atoms with E-state index < -0.39 is 42.0 Å². The van der Waals surface area contributed by atoms with Crippen molar-refractivity contribution in [2.75, 3.05) is 32.7 Å². The van der Waals surface area contributed by atoms with Crippen LogP contribution in [-0.4, -0.2) is 94.9 Å². The van der Waals surface area contributed by atoms with Crippen LogP contribution in [0, 0.1) is 0 Å². The van der Waals surface area contributed by atoms with E-state index in [0.717, 1.165) is 0 Å². The number of fused-ring (bicyclic) bond motifs is 5. The van der Waals surface area contributed by atoms with Crippen molar-refractivity contribution in [3.05, 3.63) is 47.5 Å². The van der Waals surface area contributed by atoms with Crippen LogP contribution in [0.4, 0.5) is 0 Å². The molecular formula is C28H45Cl4N7O6. The van der Waals surface area contributed by atoms with Gasteiger partial charge in [-0.15, -0.1) is 49.6 Å². The summed E-state index contributed by atoms with van der Waals surface area (Å²) in [6.45, 7) is 0.254. The van der Waals surface area contributed by atoms with Gasteiger partial charge in [0, 0.05) is 39.0 Å². The second-order valence-corrected chi connectivity index (χ2v) is 10.2. The van der Waals surface area contributed by atoms with Crippen LogP contribution in [0.2, 0.25) is 0 Å². The molecule has 0 saturated heterocycles. The van der Waals surface area contributed by atoms with Crippen molar-refractivity contribution >= 4 is 67.3 Å². The highest BCUT2D eigenvalue weighted by Gasteiger charge is 2.32. The van der Waals surface area contributed by atoms with Crippen LogP contribution >= 0.6 is 49.6 Å². The molecule has 4 bridgehead atoms. The largest absolute Gasteiger partial charge is 0.508 e. The lowest BCUT2D eigenvalue weighted by Crippen LogP contribution is -2.58. The number of nitrogens with two attached hydrogens (primary N) is 4. The number of halogens is 4. The molecule has 1 heterocycles. The lowest BCUT2D eigenvalue weighted by Gasteiger charge is -2.30. The molecule has 4 atom stereocenters. The second kappa shape index (κ2) is 21.3. The van der Waals surface area contributed by atoms with Crippen molar-refractivity contribution in [1.29, 1.82) is 0 Å². The third kappa shape index (κ3) is 12.3. The smallest absolute Gasteiger partial charge is 0.245 e. The molecule has 0 fully saturated rings. The number of phenols is 2. The van der Waals surface area contributed by atoms with Crippen molar-refractivity contribution in [2.24, 2.45) is 22.9 Å². The number of carbonyl (C=O) groups excluding carboxylic acids is 3. The Morgan fingerprint density at radius 3 is 1.93 bits per heavy atom. The SMILES string of the molecule is Cl.Cl.Cl.Cl.NCCC[C@@H]1NC(=O)[C@H](N)Cc2cc(ccc2O)-c2ccc(O)c(c2)C[C@H](C(=O)N(CCN)CC(O)CN)NC1=O. The summed E-state index contributed by atoms with van der Waals surface area (Å²) in [5, 5.41) is 36.7. The van der Waals surface area contributed by atoms with Crippen LogP contribution in [-0.2, 0) is 27.2 Å². The monoisotopic (exact) mass is 715 g/mol. The van der Waals surface area contributed by atoms with Gasteiger partial charge in [-0.3, -0.25) is 14.4 Å². The molecule has 0 saturated carbocycles. The number of rotatable bonds is 9. The summed E-state index contributed by atoms with van der Waals surface area (Å²) in [5.41, 5.74) is 25.3. The first-order valence-electron chi connectivity index (χ1n) is 13.6. The molecule has 13 nitrogen and oxygen atoms in total. The fourth-order valence-electron chi connectivity index (χ4n) is 4.75. The molecule has 2 aromatic rings. The molecule has 0 aliphatic carbocycles. The molecular weight excluding hydrogens is 672 g/mol. The van der Waals surface area contributed by atoms with Gasteiger partial charge >= 0.3 is 0 Å². The standard InChI is InChI=1S/C28H41N7O6.4ClH/c29-7-1-2-22-27(40)34-23(28(41)35(9-8-30)15-20(36)14-31)13-19-11-17(4-6-25(19)38)16-3-5-24(37)18(10-16)12-21(32)26(39)33-22;;;;/h3-6,10-11,20-23,36-38H,1-2,7-9,12-15,29-32H2,(H,33,39)(H,34,40);4*1H/t20?,21-,22+,23-;;;;/m1..../s1. The zero-order valence-electron chi connectivity index (χ0n) is 24.6. The molecule has 0 spiro atoms. The lowest BCUT2D eigenvalue weighted by atomic mass is 9.95. The number of amides is 3. The van der Waals surface area contributed by atoms with Crippen molar-refractivity contribution in [1.82, 2.24) is 15.5 Å². The van der Waals surface area contributed by atoms with Gasteiger partial charge in [0.2, 0.25) is 17.7 Å². The number of nitrogens with zero attached hydrogens (tertiary/aromatic N) is 1. The van der Waals surface area contributed by atoms with Crippen molar-refractivity contribution in [3.63, 3.8) is 0 Å². The Balaban J connectivity index is 0. The van der Waals surface area contributed by atoms with Gasteiger partial charge in [-0.25, -0.2) is 0 Å². The van der Waals surface area contributed by atoms with E-state index in [1.807, 2.05) is 0 Å². The minimum absolute atomic E-state index is 0. The fraction of sp³-hybridized carbons (Fsp3) is 0.464. The number of aliphatic hydroxyl groups is 1. The minimum atomic E-state index is -1.19. The summed E-state index contributed by atoms with van der Waals surface area (Å²) < 4.78 is 0. The number of nitrogens with one attached hydrogen (secondary N) is 2. The van der Waals surface area contributed by atoms with Crippen LogP contribution in [0.15, 0.2) is 36.4 Å². The Labute approximate surface area is 287 Å². The van der Waals surface area contributed by atoms with Crippen LogP contribution in [0.25, 0.3) is 11.1 Å². The maximum atomic E-state index is 13.8. The van der Waals surface area contributed by atoms with Crippen LogP contribution in [0.5, 0.6) is 11.5 Å². The number of aromatic hydroxyl groups is 2. The van der Waals surface area contributed by atoms with Gasteiger partial charge in [-0.1, -0.05) is 12.1 Å². The van der Waals surface area contributed by atoms with E-state index in [1.54, 1.807) is 24.3 Å². The van der Waals surface area contributed by atoms with Crippen molar-refractivity contribution in [3.8, 4) is 22.6 Å². The van der Waals surface area contributed by atoms with E-state index >= 15 is 0 Å². The molecule has 1 aliphatic heterocycles. The first-order valence-corrected chi connectivity index (χ1v) is 13.6. The first-order chi connectivity index (χ1) is 19.6. The number of carbonyl (C=O) groups is 3. The molecule has 1 aliphatic rings. The summed E-state index contributed by atoms with van der Waals surface area (Å²) in [4.78, 5) is 41.7. The van der Waals surface area contributed by atoms with Gasteiger partial charge in [0.1, 0.15) is 23.6 Å². The van der Waals surface area contributed by atoms with Gasteiger partial charge in [0.05, 0.1) is 12.1 Å². The van der Waals surface area contributed by atoms with Crippen LogP contribution in [0.3, 0.4) is 0 Å². The normalized spacial score (nSPS) is 18.5. The fourth-order valence-corrected chi connectivity index (χ4v) is 4.75. The van der Waals surface area contributed by atoms with E-state index in [0.29, 0.717) is 28.7 Å². The summed E-state index contributed by atoms with van der Waals surface area (Å²) in [6, 6.07) is 6.40. The third-order valence-corrected chi connectivity index (χ3v) is 7.05. The zero-order valence-corrected chi connectivity index (χ0v) is 27.9. The third-order valence-electron chi connectivity index (χ3n) is 7.05. The molecule has 45 heavy (non-hydrogen) atoms. The predicted octanol–water partition coefficient (Wildman–Crippen LogP) is -0.307. The number of phenolic OH excluding ortho intramolecular Hbond substituents is 2. The number of aliphatic hydroxyl groups excluding tert-OH is 1. The van der Waals surface area contributed by atoms with Gasteiger partial charge < -0.3 is 53.8 Å². The Bertz CT molecular complexity index is 1250. The second-order valence-electron chi connectivity index (χ2n) is 10.2. The predicted molar refractivity (Wildman–Crippen MR) is 182 cm³/mol. The average Bonchev–Trinajstić information content (AvgIpc) is 2.95. The molecule has 3 rings (SSSR count). The Kier molecular flexibility index (Phi) is 21.0. The Morgan fingerprint density at radius 1 is 0.867 bits per heavy atom.